The molecule has 5 rings (SSSR count). The Hall–Kier alpha value is -4.66. The molecule has 1 atom stereocenters. The third-order valence-electron chi connectivity index (χ3n) is 5.91. The smallest absolute Gasteiger partial charge is 0.280 e. The summed E-state index contributed by atoms with van der Waals surface area (Å²) in [5.41, 5.74) is 2.06. The second kappa shape index (κ2) is 9.53. The molecule has 36 heavy (non-hydrogen) atoms. The normalized spacial score (nSPS) is 12.0. The van der Waals surface area contributed by atoms with Crippen molar-refractivity contribution in [3.63, 3.8) is 0 Å². The van der Waals surface area contributed by atoms with E-state index in [1.54, 1.807) is 42.8 Å². The number of nitrogens with zero attached hydrogens (tertiary/aromatic N) is 5. The van der Waals surface area contributed by atoms with Crippen molar-refractivity contribution >= 4 is 22.5 Å². The molecule has 0 fully saturated rings. The summed E-state index contributed by atoms with van der Waals surface area (Å²) in [6.45, 7) is 5.91. The van der Waals surface area contributed by atoms with Crippen molar-refractivity contribution in [2.45, 2.75) is 26.8 Å². The van der Waals surface area contributed by atoms with Crippen LogP contribution in [0.15, 0.2) is 83.9 Å². The fourth-order valence-electron chi connectivity index (χ4n) is 4.11. The number of para-hydroxylation sites is 1. The van der Waals surface area contributed by atoms with Gasteiger partial charge >= 0.3 is 0 Å². The lowest BCUT2D eigenvalue weighted by molar-refractivity contribution is -0.119. The largest absolute Gasteiger partial charge is 0.494 e. The molecule has 3 aromatic heterocycles. The second-order valence-corrected chi connectivity index (χ2v) is 8.34. The average molecular weight is 483 g/mol. The van der Waals surface area contributed by atoms with E-state index in [1.165, 1.54) is 4.68 Å². The van der Waals surface area contributed by atoms with Gasteiger partial charge in [-0.15, -0.1) is 0 Å². The molecule has 5 aromatic rings. The Labute approximate surface area is 207 Å². The molecule has 0 bridgehead atoms. The first-order valence-electron chi connectivity index (χ1n) is 11.7. The fraction of sp³-hybridized carbons (Fsp3) is 0.185. The van der Waals surface area contributed by atoms with E-state index in [1.807, 2.05) is 66.3 Å². The summed E-state index contributed by atoms with van der Waals surface area (Å²) < 4.78 is 10.3. The van der Waals surface area contributed by atoms with Gasteiger partial charge in [-0.05, 0) is 69.3 Å². The van der Waals surface area contributed by atoms with Gasteiger partial charge in [0.1, 0.15) is 22.7 Å². The SMILES string of the molecule is CCOc1ccc(NC(=O)[C@H](C)n2nc(C)c3nn(-c4ccccc4)c(-n4cccc4)c3c2=O)cc1. The highest BCUT2D eigenvalue weighted by Crippen LogP contribution is 2.25. The Bertz CT molecular complexity index is 1570. The van der Waals surface area contributed by atoms with Gasteiger partial charge in [-0.2, -0.15) is 10.2 Å². The highest BCUT2D eigenvalue weighted by molar-refractivity contribution is 5.94. The molecule has 1 amide bonds. The van der Waals surface area contributed by atoms with E-state index in [0.29, 0.717) is 34.7 Å². The van der Waals surface area contributed by atoms with Crippen LogP contribution in [0.25, 0.3) is 22.4 Å². The number of hydrogen-bond acceptors (Lipinski definition) is 5. The van der Waals surface area contributed by atoms with Gasteiger partial charge in [0.25, 0.3) is 5.56 Å². The first-order valence-corrected chi connectivity index (χ1v) is 11.7. The number of ether oxygens (including phenoxy) is 1. The van der Waals surface area contributed by atoms with Crippen LogP contribution in [0.2, 0.25) is 0 Å². The van der Waals surface area contributed by atoms with Crippen molar-refractivity contribution in [1.29, 1.82) is 0 Å². The second-order valence-electron chi connectivity index (χ2n) is 8.34. The quantitative estimate of drug-likeness (QED) is 0.374. The van der Waals surface area contributed by atoms with Crippen molar-refractivity contribution in [3.8, 4) is 17.3 Å². The number of rotatable bonds is 7. The fourth-order valence-corrected chi connectivity index (χ4v) is 4.11. The van der Waals surface area contributed by atoms with Gasteiger partial charge < -0.3 is 14.6 Å². The lowest BCUT2D eigenvalue weighted by Gasteiger charge is -2.15. The predicted octanol–water partition coefficient (Wildman–Crippen LogP) is 4.28. The highest BCUT2D eigenvalue weighted by Gasteiger charge is 2.25. The number of amides is 1. The minimum Gasteiger partial charge on any atom is -0.494 e. The van der Waals surface area contributed by atoms with Crippen LogP contribution in [-0.4, -0.2) is 36.6 Å². The molecule has 0 aliphatic heterocycles. The number of hydrogen-bond donors (Lipinski definition) is 1. The van der Waals surface area contributed by atoms with Gasteiger partial charge in [0.05, 0.1) is 18.0 Å². The third-order valence-corrected chi connectivity index (χ3v) is 5.91. The number of nitrogens with one attached hydrogen (secondary N) is 1. The Morgan fingerprint density at radius 2 is 1.69 bits per heavy atom. The van der Waals surface area contributed by atoms with Crippen molar-refractivity contribution < 1.29 is 9.53 Å². The summed E-state index contributed by atoms with van der Waals surface area (Å²) in [5, 5.41) is 12.5. The average Bonchev–Trinajstić information content (AvgIpc) is 3.56. The molecule has 2 aromatic carbocycles. The Kier molecular flexibility index (Phi) is 6.12. The summed E-state index contributed by atoms with van der Waals surface area (Å²) in [5.74, 6) is 0.950. The molecule has 182 valence electrons. The first-order chi connectivity index (χ1) is 17.5. The van der Waals surface area contributed by atoms with Crippen LogP contribution in [-0.2, 0) is 4.79 Å². The van der Waals surface area contributed by atoms with Crippen LogP contribution in [0.1, 0.15) is 25.6 Å². The molecule has 1 N–H and O–H groups in total. The topological polar surface area (TPSA) is 96.0 Å². The Balaban J connectivity index is 1.58. The maximum Gasteiger partial charge on any atom is 0.280 e. The standard InChI is InChI=1S/C27H26N6O3/c1-4-36-22-14-12-20(13-15-22)28-25(34)19(3)32-27(35)23-24(18(2)29-32)30-33(21-10-6-5-7-11-21)26(23)31-16-8-9-17-31/h5-17,19H,4H2,1-3H3,(H,28,34)/t19-/m0/s1. The number of anilines is 1. The van der Waals surface area contributed by atoms with E-state index < -0.39 is 11.6 Å². The molecule has 0 spiro atoms. The van der Waals surface area contributed by atoms with Crippen LogP contribution in [0.3, 0.4) is 0 Å². The number of fused-ring (bicyclic) bond motifs is 1. The maximum atomic E-state index is 13.8. The molecule has 0 saturated carbocycles. The van der Waals surface area contributed by atoms with E-state index in [0.717, 1.165) is 11.4 Å². The molecule has 0 radical (unpaired) electrons. The summed E-state index contributed by atoms with van der Waals surface area (Å²) in [4.78, 5) is 26.9. The predicted molar refractivity (Wildman–Crippen MR) is 138 cm³/mol. The van der Waals surface area contributed by atoms with E-state index in [-0.39, 0.29) is 5.91 Å². The molecule has 9 heteroatoms. The molecule has 0 aliphatic carbocycles. The van der Waals surface area contributed by atoms with Gasteiger partial charge in [0.2, 0.25) is 5.91 Å². The zero-order valence-electron chi connectivity index (χ0n) is 20.3. The summed E-state index contributed by atoms with van der Waals surface area (Å²) in [6, 6.07) is 19.6. The minimum absolute atomic E-state index is 0.356. The minimum atomic E-state index is -0.857. The summed E-state index contributed by atoms with van der Waals surface area (Å²) in [7, 11) is 0. The van der Waals surface area contributed by atoms with Crippen LogP contribution in [0, 0.1) is 6.92 Å². The molecule has 3 heterocycles. The lowest BCUT2D eigenvalue weighted by atomic mass is 10.2. The lowest BCUT2D eigenvalue weighted by Crippen LogP contribution is -2.34. The first kappa shape index (κ1) is 23.1. The highest BCUT2D eigenvalue weighted by atomic mass is 16.5. The molecule has 0 unspecified atom stereocenters. The van der Waals surface area contributed by atoms with Crippen molar-refractivity contribution in [2.75, 3.05) is 11.9 Å². The van der Waals surface area contributed by atoms with Gasteiger partial charge in [-0.25, -0.2) is 9.36 Å². The van der Waals surface area contributed by atoms with Gasteiger partial charge in [0.15, 0.2) is 5.82 Å². The number of aromatic nitrogens is 5. The summed E-state index contributed by atoms with van der Waals surface area (Å²) >= 11 is 0. The van der Waals surface area contributed by atoms with E-state index in [4.69, 9.17) is 9.84 Å². The van der Waals surface area contributed by atoms with Crippen molar-refractivity contribution in [2.24, 2.45) is 0 Å². The maximum absolute atomic E-state index is 13.8. The molecule has 0 saturated heterocycles. The van der Waals surface area contributed by atoms with Crippen molar-refractivity contribution in [1.82, 2.24) is 24.1 Å². The van der Waals surface area contributed by atoms with Crippen LogP contribution in [0.4, 0.5) is 5.69 Å². The van der Waals surface area contributed by atoms with Crippen LogP contribution >= 0.6 is 0 Å². The summed E-state index contributed by atoms with van der Waals surface area (Å²) in [6.07, 6.45) is 3.72. The number of benzene rings is 2. The molecule has 0 aliphatic rings. The van der Waals surface area contributed by atoms with Crippen molar-refractivity contribution in [3.05, 3.63) is 95.2 Å². The zero-order chi connectivity index (χ0) is 25.2. The monoisotopic (exact) mass is 482 g/mol. The van der Waals surface area contributed by atoms with Gasteiger partial charge in [-0.3, -0.25) is 9.59 Å². The third kappa shape index (κ3) is 4.15. The molecular weight excluding hydrogens is 456 g/mol. The number of aryl methyl sites for hydroxylation is 1. The molecular formula is C27H26N6O3. The Morgan fingerprint density at radius 1 is 1.00 bits per heavy atom. The Morgan fingerprint density at radius 3 is 2.36 bits per heavy atom. The van der Waals surface area contributed by atoms with Crippen LogP contribution < -0.4 is 15.6 Å². The van der Waals surface area contributed by atoms with Gasteiger partial charge in [0, 0.05) is 18.1 Å². The number of carbonyl (C=O) groups is 1. The molecule has 9 nitrogen and oxygen atoms in total. The zero-order valence-corrected chi connectivity index (χ0v) is 20.3. The van der Waals surface area contributed by atoms with E-state index >= 15 is 0 Å². The van der Waals surface area contributed by atoms with Crippen LogP contribution in [0.5, 0.6) is 5.75 Å². The van der Waals surface area contributed by atoms with Gasteiger partial charge in [-0.1, -0.05) is 18.2 Å². The van der Waals surface area contributed by atoms with E-state index in [9.17, 15) is 9.59 Å². The number of carbonyl (C=O) groups excluding carboxylic acids is 1. The van der Waals surface area contributed by atoms with E-state index in [2.05, 4.69) is 10.4 Å².